The third-order valence-corrected chi connectivity index (χ3v) is 5.24. The number of nitrogens with one attached hydrogen (secondary N) is 2. The van der Waals surface area contributed by atoms with E-state index in [0.29, 0.717) is 24.8 Å². The van der Waals surface area contributed by atoms with Gasteiger partial charge in [-0.25, -0.2) is 0 Å². The van der Waals surface area contributed by atoms with Gasteiger partial charge in [0.05, 0.1) is 0 Å². The average molecular weight is 284 g/mol. The topological polar surface area (TPSA) is 58.2 Å². The molecule has 4 atom stereocenters. The van der Waals surface area contributed by atoms with Gasteiger partial charge in [-0.1, -0.05) is 24.3 Å². The van der Waals surface area contributed by atoms with Crippen LogP contribution in [0.15, 0.2) is 24.3 Å². The molecule has 1 heterocycles. The lowest BCUT2D eigenvalue weighted by Crippen LogP contribution is -2.48. The number of carbonyl (C=O) groups is 2. The molecule has 3 aliphatic rings. The highest BCUT2D eigenvalue weighted by Gasteiger charge is 2.57. The number of piperidine rings is 1. The van der Waals surface area contributed by atoms with Crippen LogP contribution in [0.25, 0.3) is 0 Å². The van der Waals surface area contributed by atoms with E-state index in [4.69, 9.17) is 0 Å². The van der Waals surface area contributed by atoms with Crippen LogP contribution in [0.3, 0.4) is 0 Å². The van der Waals surface area contributed by atoms with Gasteiger partial charge in [0.15, 0.2) is 0 Å². The molecule has 2 fully saturated rings. The first kappa shape index (κ1) is 12.9. The van der Waals surface area contributed by atoms with Gasteiger partial charge >= 0.3 is 0 Å². The number of fused-ring (bicyclic) bond motifs is 3. The second kappa shape index (κ2) is 4.86. The van der Waals surface area contributed by atoms with E-state index in [9.17, 15) is 9.59 Å². The molecular weight excluding hydrogens is 264 g/mol. The molecule has 2 aliphatic carbocycles. The summed E-state index contributed by atoms with van der Waals surface area (Å²) in [6, 6.07) is 8.63. The predicted molar refractivity (Wildman–Crippen MR) is 78.7 cm³/mol. The van der Waals surface area contributed by atoms with Crippen molar-refractivity contribution < 1.29 is 9.59 Å². The Balaban J connectivity index is 1.42. The van der Waals surface area contributed by atoms with Crippen molar-refractivity contribution in [3.8, 4) is 0 Å². The van der Waals surface area contributed by atoms with Gasteiger partial charge in [-0.2, -0.15) is 0 Å². The molecule has 0 aromatic heterocycles. The molecule has 2 amide bonds. The number of amides is 2. The minimum Gasteiger partial charge on any atom is -0.354 e. The number of rotatable bonds is 2. The molecule has 1 aromatic rings. The van der Waals surface area contributed by atoms with Gasteiger partial charge in [0.1, 0.15) is 0 Å². The Hall–Kier alpha value is -1.84. The van der Waals surface area contributed by atoms with Gasteiger partial charge in [0.25, 0.3) is 0 Å². The Morgan fingerprint density at radius 2 is 2.05 bits per heavy atom. The molecule has 1 aromatic carbocycles. The highest BCUT2D eigenvalue weighted by atomic mass is 16.2. The molecule has 2 N–H and O–H groups in total. The lowest BCUT2D eigenvalue weighted by atomic mass is 9.92. The minimum absolute atomic E-state index is 0.0921. The summed E-state index contributed by atoms with van der Waals surface area (Å²) >= 11 is 0. The van der Waals surface area contributed by atoms with E-state index in [1.807, 2.05) is 0 Å². The van der Waals surface area contributed by atoms with Crippen LogP contribution in [0, 0.1) is 11.8 Å². The highest BCUT2D eigenvalue weighted by Crippen LogP contribution is 2.59. The van der Waals surface area contributed by atoms with Crippen LogP contribution in [-0.2, 0) is 16.0 Å². The summed E-state index contributed by atoms with van der Waals surface area (Å²) in [6.45, 7) is 0.573. The van der Waals surface area contributed by atoms with Gasteiger partial charge in [0, 0.05) is 24.9 Å². The van der Waals surface area contributed by atoms with Gasteiger partial charge < -0.3 is 10.6 Å². The van der Waals surface area contributed by atoms with E-state index < -0.39 is 0 Å². The van der Waals surface area contributed by atoms with Crippen molar-refractivity contribution in [2.75, 3.05) is 6.54 Å². The standard InChI is InChI=1S/C17H20N2O2/c20-14-8-6-11(9-18-14)19-17(21)16-13-7-5-10-3-1-2-4-12(10)15(13)16/h1-4,11,13,15-16H,5-9H2,(H,18,20)(H,19,21). The quantitative estimate of drug-likeness (QED) is 0.861. The van der Waals surface area contributed by atoms with Crippen LogP contribution >= 0.6 is 0 Å². The number of carbonyl (C=O) groups excluding carboxylic acids is 2. The summed E-state index contributed by atoms with van der Waals surface area (Å²) < 4.78 is 0. The Kier molecular flexibility index (Phi) is 2.98. The molecule has 0 bridgehead atoms. The van der Waals surface area contributed by atoms with Crippen LogP contribution in [-0.4, -0.2) is 24.4 Å². The second-order valence-electron chi connectivity index (χ2n) is 6.50. The van der Waals surface area contributed by atoms with Crippen molar-refractivity contribution >= 4 is 11.8 Å². The summed E-state index contributed by atoms with van der Waals surface area (Å²) in [4.78, 5) is 23.7. The Bertz CT molecular complexity index is 588. The van der Waals surface area contributed by atoms with Crippen LogP contribution in [0.4, 0.5) is 0 Å². The monoisotopic (exact) mass is 284 g/mol. The zero-order valence-electron chi connectivity index (χ0n) is 12.0. The Morgan fingerprint density at radius 1 is 1.19 bits per heavy atom. The minimum atomic E-state index is 0.0921. The molecule has 4 rings (SSSR count). The molecule has 21 heavy (non-hydrogen) atoms. The molecule has 0 radical (unpaired) electrons. The summed E-state index contributed by atoms with van der Waals surface area (Å²) in [5, 5.41) is 5.96. The van der Waals surface area contributed by atoms with Crippen molar-refractivity contribution in [3.63, 3.8) is 0 Å². The number of aryl methyl sites for hydroxylation is 1. The van der Waals surface area contributed by atoms with E-state index in [2.05, 4.69) is 34.9 Å². The molecule has 1 aliphatic heterocycles. The number of hydrogen-bond donors (Lipinski definition) is 2. The van der Waals surface area contributed by atoms with E-state index in [0.717, 1.165) is 19.3 Å². The molecular formula is C17H20N2O2. The van der Waals surface area contributed by atoms with Crippen molar-refractivity contribution in [3.05, 3.63) is 35.4 Å². The molecule has 4 nitrogen and oxygen atoms in total. The smallest absolute Gasteiger partial charge is 0.224 e. The second-order valence-corrected chi connectivity index (χ2v) is 6.50. The first-order chi connectivity index (χ1) is 10.2. The fourth-order valence-electron chi connectivity index (χ4n) is 4.08. The SMILES string of the molecule is O=C1CCC(NC(=O)C2C3CCc4ccccc4C32)CN1. The summed E-state index contributed by atoms with van der Waals surface area (Å²) in [7, 11) is 0. The van der Waals surface area contributed by atoms with E-state index >= 15 is 0 Å². The van der Waals surface area contributed by atoms with Crippen LogP contribution in [0.2, 0.25) is 0 Å². The zero-order chi connectivity index (χ0) is 14.4. The largest absolute Gasteiger partial charge is 0.354 e. The van der Waals surface area contributed by atoms with Crippen LogP contribution in [0.1, 0.15) is 36.3 Å². The fraction of sp³-hybridized carbons (Fsp3) is 0.529. The maximum Gasteiger partial charge on any atom is 0.224 e. The number of benzene rings is 1. The average Bonchev–Trinajstić information content (AvgIpc) is 3.25. The first-order valence-corrected chi connectivity index (χ1v) is 7.89. The van der Waals surface area contributed by atoms with Crippen LogP contribution in [0.5, 0.6) is 0 Å². The zero-order valence-corrected chi connectivity index (χ0v) is 12.0. The first-order valence-electron chi connectivity index (χ1n) is 7.89. The van der Waals surface area contributed by atoms with E-state index in [-0.39, 0.29) is 23.8 Å². The normalized spacial score (nSPS) is 33.4. The molecule has 4 unspecified atom stereocenters. The van der Waals surface area contributed by atoms with Gasteiger partial charge in [0.2, 0.25) is 11.8 Å². The molecule has 110 valence electrons. The lowest BCUT2D eigenvalue weighted by Gasteiger charge is -2.23. The van der Waals surface area contributed by atoms with Crippen molar-refractivity contribution in [1.82, 2.24) is 10.6 Å². The van der Waals surface area contributed by atoms with Crippen molar-refractivity contribution in [1.29, 1.82) is 0 Å². The van der Waals surface area contributed by atoms with Crippen molar-refractivity contribution in [2.24, 2.45) is 11.8 Å². The van der Waals surface area contributed by atoms with Gasteiger partial charge in [-0.05, 0) is 42.2 Å². The lowest BCUT2D eigenvalue weighted by molar-refractivity contribution is -0.126. The van der Waals surface area contributed by atoms with E-state index in [1.165, 1.54) is 11.1 Å². The summed E-state index contributed by atoms with van der Waals surface area (Å²) in [6.07, 6.45) is 3.50. The molecule has 1 saturated heterocycles. The van der Waals surface area contributed by atoms with Gasteiger partial charge in [-0.3, -0.25) is 9.59 Å². The highest BCUT2D eigenvalue weighted by molar-refractivity contribution is 5.85. The Morgan fingerprint density at radius 3 is 2.86 bits per heavy atom. The molecule has 1 saturated carbocycles. The fourth-order valence-corrected chi connectivity index (χ4v) is 4.08. The molecule has 0 spiro atoms. The van der Waals surface area contributed by atoms with Crippen molar-refractivity contribution in [2.45, 2.75) is 37.6 Å². The maximum absolute atomic E-state index is 12.5. The third kappa shape index (κ3) is 2.23. The van der Waals surface area contributed by atoms with Gasteiger partial charge in [-0.15, -0.1) is 0 Å². The molecule has 4 heteroatoms. The third-order valence-electron chi connectivity index (χ3n) is 5.24. The maximum atomic E-state index is 12.5. The Labute approximate surface area is 124 Å². The number of hydrogen-bond acceptors (Lipinski definition) is 2. The van der Waals surface area contributed by atoms with Crippen LogP contribution < -0.4 is 10.6 Å². The summed E-state index contributed by atoms with van der Waals surface area (Å²) in [5.74, 6) is 1.37. The summed E-state index contributed by atoms with van der Waals surface area (Å²) in [5.41, 5.74) is 2.80. The predicted octanol–water partition coefficient (Wildman–Crippen LogP) is 1.36. The van der Waals surface area contributed by atoms with E-state index in [1.54, 1.807) is 0 Å².